The van der Waals surface area contributed by atoms with E-state index in [0.717, 1.165) is 22.6 Å². The second kappa shape index (κ2) is 22.4. The average Bonchev–Trinajstić information content (AvgIpc) is 3.17. The topological polar surface area (TPSA) is 98.7 Å². The van der Waals surface area contributed by atoms with Crippen LogP contribution in [0, 0.1) is 34.5 Å². The van der Waals surface area contributed by atoms with Gasteiger partial charge in [-0.1, -0.05) is 86.8 Å². The normalized spacial score (nSPS) is 19.2. The molecular weight excluding hydrogens is 696 g/mol. The molecule has 0 amide bonds. The maximum Gasteiger partial charge on any atom is 1.00 e. The van der Waals surface area contributed by atoms with Crippen molar-refractivity contribution in [3.63, 3.8) is 0 Å². The van der Waals surface area contributed by atoms with Crippen molar-refractivity contribution in [2.24, 2.45) is 10.8 Å². The molecule has 4 aliphatic rings. The average molecular weight is 754 g/mol. The Morgan fingerprint density at radius 3 is 1.29 bits per heavy atom. The number of allylic oxidation sites excluding steroid dienone is 2. The van der Waals surface area contributed by atoms with Crippen LogP contribution in [0.25, 0.3) is 0 Å². The van der Waals surface area contributed by atoms with E-state index in [2.05, 4.69) is 35.8 Å². The van der Waals surface area contributed by atoms with Crippen LogP contribution in [0.2, 0.25) is 0 Å². The minimum absolute atomic E-state index is 0. The number of ether oxygens (including phenoxy) is 2. The van der Waals surface area contributed by atoms with E-state index in [1.54, 1.807) is 13.8 Å². The minimum atomic E-state index is -1.08. The van der Waals surface area contributed by atoms with Crippen LogP contribution in [0.3, 0.4) is 0 Å². The zero-order valence-corrected chi connectivity index (χ0v) is 35.5. The quantitative estimate of drug-likeness (QED) is 0.156. The van der Waals surface area contributed by atoms with Crippen LogP contribution in [0.1, 0.15) is 152 Å². The van der Waals surface area contributed by atoms with Crippen LogP contribution in [0.15, 0.2) is 71.8 Å². The molecule has 0 aliphatic heterocycles. The third-order valence-corrected chi connectivity index (χ3v) is 12.0. The first-order valence-corrected chi connectivity index (χ1v) is 20.3. The van der Waals surface area contributed by atoms with Crippen LogP contribution < -0.4 is 49.2 Å². The Morgan fingerprint density at radius 1 is 0.600 bits per heavy atom. The van der Waals surface area contributed by atoms with E-state index < -0.39 is 11.9 Å². The number of carboxylic acid groups (broad SMARTS) is 2. The molecule has 55 heavy (non-hydrogen) atoms. The van der Waals surface area contributed by atoms with E-state index in [9.17, 15) is 19.8 Å². The Bertz CT molecular complexity index is 1590. The first kappa shape index (κ1) is 44.3. The van der Waals surface area contributed by atoms with Gasteiger partial charge in [0, 0.05) is 24.8 Å². The predicted molar refractivity (Wildman–Crippen MR) is 210 cm³/mol. The van der Waals surface area contributed by atoms with Crippen LogP contribution in [0.5, 0.6) is 11.5 Å². The summed E-state index contributed by atoms with van der Waals surface area (Å²) in [5, 5.41) is 21.8. The molecule has 0 unspecified atom stereocenters. The largest absolute Gasteiger partial charge is 1.00 e. The molecular formula is C48H58NaO6-. The number of hydrogen-bond acceptors (Lipinski definition) is 6. The molecule has 2 saturated carbocycles. The van der Waals surface area contributed by atoms with Gasteiger partial charge in [0.25, 0.3) is 0 Å². The van der Waals surface area contributed by atoms with Crippen molar-refractivity contribution in [3.8, 4) is 35.2 Å². The van der Waals surface area contributed by atoms with Gasteiger partial charge in [0.2, 0.25) is 0 Å². The minimum Gasteiger partial charge on any atom is -0.550 e. The van der Waals surface area contributed by atoms with E-state index in [-0.39, 0.29) is 54.2 Å². The van der Waals surface area contributed by atoms with Crippen LogP contribution in [-0.2, 0) is 9.59 Å². The Morgan fingerprint density at radius 2 is 0.964 bits per heavy atom. The number of hydrogen-bond donors (Lipinski definition) is 0. The number of carbonyl (C=O) groups is 2. The standard InChI is InChI=1S/2C24H30O3.Na/c2*1-2-7-21(16-23(25)26)20-9-11-22(12-10-20)27-18-19-8-6-15-24(17-19)13-4-3-5-14-24;/h2*8-12,21H,3-6,13-18H2,1H3,(H,25,26);/q;;+1/p-2/t2*21-;/m00./s1. The number of carboxylic acids is 2. The van der Waals surface area contributed by atoms with Crippen molar-refractivity contribution in [1.82, 2.24) is 0 Å². The summed E-state index contributed by atoms with van der Waals surface area (Å²) in [5.74, 6) is 10.3. The molecule has 0 saturated heterocycles. The molecule has 7 heteroatoms. The molecule has 0 bridgehead atoms. The van der Waals surface area contributed by atoms with Crippen molar-refractivity contribution in [2.75, 3.05) is 13.2 Å². The number of aliphatic carboxylic acids is 2. The Balaban J connectivity index is 0.000000240. The van der Waals surface area contributed by atoms with Crippen molar-refractivity contribution >= 4 is 11.9 Å². The smallest absolute Gasteiger partial charge is 0.550 e. The fourth-order valence-electron chi connectivity index (χ4n) is 9.26. The van der Waals surface area contributed by atoms with Crippen LogP contribution in [0.4, 0.5) is 0 Å². The van der Waals surface area contributed by atoms with E-state index in [0.29, 0.717) is 24.0 Å². The summed E-state index contributed by atoms with van der Waals surface area (Å²) in [6, 6.07) is 15.3. The van der Waals surface area contributed by atoms with Gasteiger partial charge in [-0.2, -0.15) is 0 Å². The monoisotopic (exact) mass is 753 g/mol. The molecule has 288 valence electrons. The van der Waals surface area contributed by atoms with Gasteiger partial charge in [-0.15, -0.1) is 11.8 Å². The fourth-order valence-corrected chi connectivity index (χ4v) is 9.26. The number of benzene rings is 2. The summed E-state index contributed by atoms with van der Waals surface area (Å²) in [4.78, 5) is 21.8. The van der Waals surface area contributed by atoms with Crippen LogP contribution >= 0.6 is 0 Å². The first-order chi connectivity index (χ1) is 26.2. The second-order valence-corrected chi connectivity index (χ2v) is 16.0. The fraction of sp³-hybridized carbons (Fsp3) is 0.542. The van der Waals surface area contributed by atoms with Gasteiger partial charge in [0.05, 0.1) is 11.8 Å². The zero-order valence-electron chi connectivity index (χ0n) is 33.5. The van der Waals surface area contributed by atoms with Crippen molar-refractivity contribution in [1.29, 1.82) is 0 Å². The summed E-state index contributed by atoms with van der Waals surface area (Å²) in [6.07, 6.45) is 25.7. The summed E-state index contributed by atoms with van der Waals surface area (Å²) in [7, 11) is 0. The molecule has 0 heterocycles. The summed E-state index contributed by atoms with van der Waals surface area (Å²) >= 11 is 0. The number of carbonyl (C=O) groups excluding carboxylic acids is 2. The van der Waals surface area contributed by atoms with Gasteiger partial charge in [-0.05, 0) is 135 Å². The maximum absolute atomic E-state index is 10.9. The molecule has 2 aromatic rings. The summed E-state index contributed by atoms with van der Waals surface area (Å²) in [6.45, 7) is 4.74. The third-order valence-electron chi connectivity index (χ3n) is 12.0. The van der Waals surface area contributed by atoms with E-state index in [1.807, 2.05) is 48.5 Å². The van der Waals surface area contributed by atoms with Crippen molar-refractivity contribution in [3.05, 3.63) is 83.0 Å². The molecule has 0 aromatic heterocycles. The van der Waals surface area contributed by atoms with E-state index in [1.165, 1.54) is 114 Å². The van der Waals surface area contributed by atoms with E-state index >= 15 is 0 Å². The summed E-state index contributed by atoms with van der Waals surface area (Å²) in [5.41, 5.74) is 5.70. The molecule has 6 rings (SSSR count). The SMILES string of the molecule is CC#C[C@@H](CC(=O)[O-])c1ccc(OCC2=CCCC3(CCCCC3)C2)cc1.CC#C[C@@H](CC(=O)[O-])c1ccc(OCC2=CCCC3(CCCCC3)C2)cc1.[Na+]. The van der Waals surface area contributed by atoms with Gasteiger partial charge >= 0.3 is 29.6 Å². The number of rotatable bonds is 12. The Kier molecular flexibility index (Phi) is 18.0. The molecule has 2 fully saturated rings. The molecule has 2 atom stereocenters. The van der Waals surface area contributed by atoms with Crippen molar-refractivity contribution < 1.29 is 58.8 Å². The molecule has 0 N–H and O–H groups in total. The third kappa shape index (κ3) is 13.9. The van der Waals surface area contributed by atoms with Crippen molar-refractivity contribution in [2.45, 2.75) is 141 Å². The Labute approximate surface area is 352 Å². The van der Waals surface area contributed by atoms with E-state index in [4.69, 9.17) is 9.47 Å². The van der Waals surface area contributed by atoms with Gasteiger partial charge in [0.15, 0.2) is 0 Å². The molecule has 0 radical (unpaired) electrons. The summed E-state index contributed by atoms with van der Waals surface area (Å²) < 4.78 is 12.0. The second-order valence-electron chi connectivity index (χ2n) is 16.0. The van der Waals surface area contributed by atoms with Gasteiger partial charge < -0.3 is 29.3 Å². The van der Waals surface area contributed by atoms with Gasteiger partial charge in [-0.3, -0.25) is 0 Å². The predicted octanol–water partition coefficient (Wildman–Crippen LogP) is 5.75. The van der Waals surface area contributed by atoms with Gasteiger partial charge in [0.1, 0.15) is 24.7 Å². The zero-order chi connectivity index (χ0) is 38.2. The maximum atomic E-state index is 10.9. The van der Waals surface area contributed by atoms with Gasteiger partial charge in [-0.25, -0.2) is 0 Å². The Hall–Kier alpha value is -3.42. The first-order valence-electron chi connectivity index (χ1n) is 20.3. The molecule has 2 spiro atoms. The molecule has 4 aliphatic carbocycles. The molecule has 2 aromatic carbocycles. The molecule has 6 nitrogen and oxygen atoms in total. The van der Waals surface area contributed by atoms with Crippen LogP contribution in [-0.4, -0.2) is 25.2 Å².